The number of benzene rings is 2. The van der Waals surface area contributed by atoms with Gasteiger partial charge in [-0.1, -0.05) is 30.3 Å². The molecule has 1 aromatic heterocycles. The molecule has 3 rings (SSSR count). The molecule has 0 spiro atoms. The quantitative estimate of drug-likeness (QED) is 0.548. The van der Waals surface area contributed by atoms with Crippen LogP contribution in [0, 0.1) is 0 Å². The highest BCUT2D eigenvalue weighted by atomic mass is 32.1. The van der Waals surface area contributed by atoms with Crippen molar-refractivity contribution >= 4 is 34.0 Å². The highest BCUT2D eigenvalue weighted by Gasteiger charge is 2.08. The molecule has 3 aromatic rings. The molecule has 28 heavy (non-hydrogen) atoms. The molecule has 0 saturated heterocycles. The summed E-state index contributed by atoms with van der Waals surface area (Å²) in [4.78, 5) is 27.6. The highest BCUT2D eigenvalue weighted by Crippen LogP contribution is 2.26. The van der Waals surface area contributed by atoms with Gasteiger partial charge in [0.25, 0.3) is 0 Å². The van der Waals surface area contributed by atoms with Crippen molar-refractivity contribution in [3.05, 3.63) is 60.0 Å². The van der Waals surface area contributed by atoms with E-state index in [2.05, 4.69) is 15.6 Å². The van der Waals surface area contributed by atoms with Crippen molar-refractivity contribution in [3.63, 3.8) is 0 Å². The van der Waals surface area contributed by atoms with E-state index in [4.69, 9.17) is 4.74 Å². The van der Waals surface area contributed by atoms with Crippen LogP contribution in [0.3, 0.4) is 0 Å². The first-order valence-corrected chi connectivity index (χ1v) is 9.79. The number of nitrogens with one attached hydrogen (secondary N) is 2. The summed E-state index contributed by atoms with van der Waals surface area (Å²) >= 11 is 1.38. The van der Waals surface area contributed by atoms with E-state index in [1.165, 1.54) is 18.3 Å². The summed E-state index contributed by atoms with van der Waals surface area (Å²) in [6.07, 6.45) is 0.997. The summed E-state index contributed by atoms with van der Waals surface area (Å²) in [6.45, 7) is 1.96. The molecule has 144 valence electrons. The first kappa shape index (κ1) is 19.6. The molecule has 2 amide bonds. The Morgan fingerprint density at radius 1 is 1.04 bits per heavy atom. The van der Waals surface area contributed by atoms with Gasteiger partial charge in [-0.15, -0.1) is 11.3 Å². The first-order valence-electron chi connectivity index (χ1n) is 8.91. The van der Waals surface area contributed by atoms with E-state index in [0.717, 1.165) is 22.7 Å². The summed E-state index contributed by atoms with van der Waals surface area (Å²) in [6, 6.07) is 16.9. The van der Waals surface area contributed by atoms with Gasteiger partial charge in [-0.05, 0) is 30.7 Å². The Labute approximate surface area is 167 Å². The lowest BCUT2D eigenvalue weighted by atomic mass is 10.1. The zero-order valence-electron chi connectivity index (χ0n) is 15.5. The number of thiazole rings is 1. The number of anilines is 2. The van der Waals surface area contributed by atoms with Gasteiger partial charge in [-0.3, -0.25) is 9.59 Å². The second-order valence-electron chi connectivity index (χ2n) is 6.11. The lowest BCUT2D eigenvalue weighted by Gasteiger charge is -2.05. The van der Waals surface area contributed by atoms with E-state index in [1.54, 1.807) is 0 Å². The molecule has 0 aliphatic rings. The van der Waals surface area contributed by atoms with Gasteiger partial charge in [0.1, 0.15) is 5.75 Å². The molecule has 0 atom stereocenters. The third-order valence-electron chi connectivity index (χ3n) is 3.81. The molecule has 0 aliphatic heterocycles. The number of amides is 2. The molecule has 1 heterocycles. The number of aromatic nitrogens is 1. The van der Waals surface area contributed by atoms with Crippen LogP contribution in [0.2, 0.25) is 0 Å². The fourth-order valence-corrected chi connectivity index (χ4v) is 3.25. The van der Waals surface area contributed by atoms with Crippen molar-refractivity contribution in [2.75, 3.05) is 17.2 Å². The van der Waals surface area contributed by atoms with Crippen LogP contribution in [0.25, 0.3) is 11.3 Å². The maximum atomic E-state index is 12.1. The number of hydrogen-bond acceptors (Lipinski definition) is 5. The van der Waals surface area contributed by atoms with Gasteiger partial charge in [0.2, 0.25) is 11.8 Å². The van der Waals surface area contributed by atoms with E-state index in [-0.39, 0.29) is 11.8 Å². The molecular formula is C21H21N3O3S. The Balaban J connectivity index is 1.46. The fourth-order valence-electron chi connectivity index (χ4n) is 2.51. The zero-order chi connectivity index (χ0) is 19.8. The maximum Gasteiger partial charge on any atom is 0.226 e. The molecule has 2 aromatic carbocycles. The lowest BCUT2D eigenvalue weighted by molar-refractivity contribution is -0.116. The molecular weight excluding hydrogens is 374 g/mol. The number of carbonyl (C=O) groups excluding carboxylic acids is 2. The Hall–Kier alpha value is -3.19. The van der Waals surface area contributed by atoms with Crippen LogP contribution in [0.1, 0.15) is 19.8 Å². The average molecular weight is 395 g/mol. The maximum absolute atomic E-state index is 12.1. The number of ether oxygens (including phenoxy) is 1. The molecule has 0 fully saturated rings. The fraction of sp³-hybridized carbons (Fsp3) is 0.190. The number of carbonyl (C=O) groups is 2. The first-order chi connectivity index (χ1) is 13.6. The molecule has 2 N–H and O–H groups in total. The van der Waals surface area contributed by atoms with Crippen molar-refractivity contribution in [2.24, 2.45) is 0 Å². The number of hydrogen-bond donors (Lipinski definition) is 2. The van der Waals surface area contributed by atoms with Gasteiger partial charge in [-0.25, -0.2) is 4.98 Å². The summed E-state index contributed by atoms with van der Waals surface area (Å²) in [5.41, 5.74) is 2.43. The molecule has 0 aliphatic carbocycles. The monoisotopic (exact) mass is 395 g/mol. The van der Waals surface area contributed by atoms with Gasteiger partial charge in [0, 0.05) is 30.0 Å². The summed E-state index contributed by atoms with van der Waals surface area (Å²) in [5.74, 6) is 0.608. The van der Waals surface area contributed by atoms with Gasteiger partial charge in [0.15, 0.2) is 5.13 Å². The molecule has 6 nitrogen and oxygen atoms in total. The van der Waals surface area contributed by atoms with Crippen molar-refractivity contribution < 1.29 is 14.3 Å². The third kappa shape index (κ3) is 5.92. The second-order valence-corrected chi connectivity index (χ2v) is 6.97. The minimum absolute atomic E-state index is 0.0847. The number of para-hydroxylation sites is 1. The lowest BCUT2D eigenvalue weighted by Crippen LogP contribution is -2.12. The van der Waals surface area contributed by atoms with Crippen LogP contribution >= 0.6 is 11.3 Å². The van der Waals surface area contributed by atoms with E-state index in [1.807, 2.05) is 60.0 Å². The van der Waals surface area contributed by atoms with Crippen molar-refractivity contribution in [1.29, 1.82) is 0 Å². The van der Waals surface area contributed by atoms with Gasteiger partial charge >= 0.3 is 0 Å². The van der Waals surface area contributed by atoms with Crippen molar-refractivity contribution in [3.8, 4) is 17.0 Å². The van der Waals surface area contributed by atoms with Gasteiger partial charge in [-0.2, -0.15) is 0 Å². The second kappa shape index (κ2) is 9.66. The van der Waals surface area contributed by atoms with Crippen LogP contribution in [-0.2, 0) is 9.59 Å². The smallest absolute Gasteiger partial charge is 0.226 e. The predicted molar refractivity (Wildman–Crippen MR) is 112 cm³/mol. The van der Waals surface area contributed by atoms with Crippen LogP contribution < -0.4 is 15.4 Å². The van der Waals surface area contributed by atoms with Crippen LogP contribution in [-0.4, -0.2) is 23.4 Å². The van der Waals surface area contributed by atoms with E-state index in [9.17, 15) is 9.59 Å². The van der Waals surface area contributed by atoms with E-state index in [0.29, 0.717) is 24.6 Å². The SMILES string of the molecule is CC(=O)Nc1ccc(-c2csc(NC(=O)CCCOc3ccccc3)n2)cc1. The predicted octanol–water partition coefficient (Wildman–Crippen LogP) is 4.57. The number of nitrogens with zero attached hydrogens (tertiary/aromatic N) is 1. The molecule has 0 radical (unpaired) electrons. The van der Waals surface area contributed by atoms with Crippen LogP contribution in [0.5, 0.6) is 5.75 Å². The topological polar surface area (TPSA) is 80.3 Å². The average Bonchev–Trinajstić information content (AvgIpc) is 3.14. The van der Waals surface area contributed by atoms with Gasteiger partial charge in [0.05, 0.1) is 12.3 Å². The zero-order valence-corrected chi connectivity index (χ0v) is 16.3. The molecule has 0 unspecified atom stereocenters. The summed E-state index contributed by atoms with van der Waals surface area (Å²) < 4.78 is 5.58. The molecule has 0 saturated carbocycles. The highest BCUT2D eigenvalue weighted by molar-refractivity contribution is 7.14. The number of rotatable bonds is 8. The van der Waals surface area contributed by atoms with E-state index < -0.39 is 0 Å². The molecule has 0 bridgehead atoms. The van der Waals surface area contributed by atoms with Gasteiger partial charge < -0.3 is 15.4 Å². The normalized spacial score (nSPS) is 10.3. The minimum atomic E-state index is -0.111. The van der Waals surface area contributed by atoms with Crippen LogP contribution in [0.4, 0.5) is 10.8 Å². The van der Waals surface area contributed by atoms with E-state index >= 15 is 0 Å². The Kier molecular flexibility index (Phi) is 6.75. The van der Waals surface area contributed by atoms with Crippen LogP contribution in [0.15, 0.2) is 60.0 Å². The summed E-state index contributed by atoms with van der Waals surface area (Å²) in [5, 5.41) is 8.00. The largest absolute Gasteiger partial charge is 0.494 e. The third-order valence-corrected chi connectivity index (χ3v) is 4.57. The molecule has 7 heteroatoms. The Morgan fingerprint density at radius 2 is 1.79 bits per heavy atom. The minimum Gasteiger partial charge on any atom is -0.494 e. The summed E-state index contributed by atoms with van der Waals surface area (Å²) in [7, 11) is 0. The van der Waals surface area contributed by atoms with Crippen molar-refractivity contribution in [2.45, 2.75) is 19.8 Å². The standard InChI is InChI=1S/C21H21N3O3S/c1-15(25)22-17-11-9-16(10-12-17)19-14-28-21(23-19)24-20(26)8-5-13-27-18-6-3-2-4-7-18/h2-4,6-7,9-12,14H,5,8,13H2,1H3,(H,22,25)(H,23,24,26). The van der Waals surface area contributed by atoms with Crippen molar-refractivity contribution in [1.82, 2.24) is 4.98 Å². The Morgan fingerprint density at radius 3 is 2.50 bits per heavy atom. The Bertz CT molecular complexity index is 924.